The molecular weight excluding hydrogens is 398 g/mol. The van der Waals surface area contributed by atoms with Crippen molar-refractivity contribution in [1.29, 1.82) is 0 Å². The van der Waals surface area contributed by atoms with E-state index in [9.17, 15) is 13.2 Å². The number of fused-ring (bicyclic) bond motifs is 2. The van der Waals surface area contributed by atoms with Crippen molar-refractivity contribution < 1.29 is 13.2 Å². The number of carbonyl (C=O) groups excluding carboxylic acids is 1. The number of carbonyl (C=O) groups is 1. The third-order valence-electron chi connectivity index (χ3n) is 4.66. The number of amides is 1. The molecule has 2 N–H and O–H groups in total. The van der Waals surface area contributed by atoms with Crippen LogP contribution in [0.4, 0.5) is 5.69 Å². The molecule has 30 heavy (non-hydrogen) atoms. The first-order valence-corrected chi connectivity index (χ1v) is 10.8. The number of hydrazone groups is 1. The van der Waals surface area contributed by atoms with Crippen LogP contribution in [0.25, 0.3) is 21.5 Å². The molecule has 150 valence electrons. The lowest BCUT2D eigenvalue weighted by molar-refractivity contribution is -0.114. The lowest BCUT2D eigenvalue weighted by Gasteiger charge is -2.08. The average molecular weight is 417 g/mol. The lowest BCUT2D eigenvalue weighted by atomic mass is 9.97. The number of nitrogens with zero attached hydrogens (tertiary/aromatic N) is 1. The summed E-state index contributed by atoms with van der Waals surface area (Å²) in [5.41, 5.74) is 1.36. The number of anilines is 1. The molecule has 1 amide bonds. The second kappa shape index (κ2) is 7.96. The minimum absolute atomic E-state index is 0.0523. The van der Waals surface area contributed by atoms with Crippen LogP contribution in [0.3, 0.4) is 0 Å². The lowest BCUT2D eigenvalue weighted by Crippen LogP contribution is -2.18. The van der Waals surface area contributed by atoms with Crippen molar-refractivity contribution in [2.75, 3.05) is 5.32 Å². The number of hydrogen-bond acceptors (Lipinski definition) is 4. The highest BCUT2D eigenvalue weighted by Crippen LogP contribution is 2.27. The molecule has 0 saturated carbocycles. The van der Waals surface area contributed by atoms with Crippen molar-refractivity contribution in [2.24, 2.45) is 5.10 Å². The summed E-state index contributed by atoms with van der Waals surface area (Å²) in [5, 5.41) is 10.7. The molecule has 0 bridgehead atoms. The Bertz CT molecular complexity index is 1320. The van der Waals surface area contributed by atoms with E-state index in [4.69, 9.17) is 0 Å². The molecule has 0 fully saturated rings. The minimum atomic E-state index is -3.84. The van der Waals surface area contributed by atoms with Crippen molar-refractivity contribution in [3.05, 3.63) is 84.4 Å². The third-order valence-corrected chi connectivity index (χ3v) is 5.90. The van der Waals surface area contributed by atoms with Gasteiger partial charge in [0.25, 0.3) is 10.0 Å². The van der Waals surface area contributed by atoms with Crippen molar-refractivity contribution in [1.82, 2.24) is 4.83 Å². The van der Waals surface area contributed by atoms with Crippen LogP contribution in [-0.4, -0.2) is 20.5 Å². The normalized spacial score (nSPS) is 11.8. The van der Waals surface area contributed by atoms with Crippen LogP contribution in [0.15, 0.2) is 88.9 Å². The Kier molecular flexibility index (Phi) is 5.20. The van der Waals surface area contributed by atoms with Gasteiger partial charge in [0.1, 0.15) is 0 Å². The maximum atomic E-state index is 12.6. The van der Waals surface area contributed by atoms with Crippen molar-refractivity contribution >= 4 is 49.4 Å². The molecule has 0 aromatic heterocycles. The van der Waals surface area contributed by atoms with Gasteiger partial charge in [0.2, 0.25) is 5.91 Å². The van der Waals surface area contributed by atoms with Gasteiger partial charge in [-0.2, -0.15) is 13.5 Å². The Labute approximate surface area is 174 Å². The van der Waals surface area contributed by atoms with Gasteiger partial charge >= 0.3 is 0 Å². The van der Waals surface area contributed by atoms with E-state index in [0.29, 0.717) is 5.69 Å². The van der Waals surface area contributed by atoms with E-state index in [1.165, 1.54) is 37.4 Å². The van der Waals surface area contributed by atoms with Gasteiger partial charge in [-0.05, 0) is 51.9 Å². The fourth-order valence-corrected chi connectivity index (χ4v) is 4.11. The minimum Gasteiger partial charge on any atom is -0.326 e. The molecule has 7 heteroatoms. The van der Waals surface area contributed by atoms with Crippen LogP contribution in [0.2, 0.25) is 0 Å². The third kappa shape index (κ3) is 4.01. The van der Waals surface area contributed by atoms with E-state index in [1.54, 1.807) is 0 Å². The number of benzene rings is 4. The number of rotatable bonds is 5. The number of sulfonamides is 1. The summed E-state index contributed by atoms with van der Waals surface area (Å²) in [4.78, 5) is 13.4. The van der Waals surface area contributed by atoms with E-state index in [1.807, 2.05) is 48.5 Å². The summed E-state index contributed by atoms with van der Waals surface area (Å²) < 4.78 is 25.1. The quantitative estimate of drug-likeness (QED) is 0.289. The predicted molar refractivity (Wildman–Crippen MR) is 120 cm³/mol. The largest absolute Gasteiger partial charge is 0.326 e. The average Bonchev–Trinajstić information content (AvgIpc) is 2.73. The number of nitrogens with one attached hydrogen (secondary N) is 2. The fourth-order valence-electron chi connectivity index (χ4n) is 3.32. The van der Waals surface area contributed by atoms with Crippen LogP contribution in [-0.2, 0) is 14.8 Å². The Hall–Kier alpha value is -3.71. The molecule has 4 aromatic rings. The summed E-state index contributed by atoms with van der Waals surface area (Å²) in [6, 6.07) is 23.8. The Morgan fingerprint density at radius 1 is 0.867 bits per heavy atom. The summed E-state index contributed by atoms with van der Waals surface area (Å²) in [7, 11) is -3.84. The van der Waals surface area contributed by atoms with Gasteiger partial charge < -0.3 is 5.32 Å². The SMILES string of the molecule is CC(=O)Nc1ccc(S(=O)(=O)N/N=C/c2c3ccccc3cc3ccccc23)cc1. The molecule has 0 atom stereocenters. The predicted octanol–water partition coefficient (Wildman–Crippen LogP) is 4.26. The molecule has 0 radical (unpaired) electrons. The van der Waals surface area contributed by atoms with E-state index < -0.39 is 10.0 Å². The molecule has 0 heterocycles. The van der Waals surface area contributed by atoms with Gasteiger partial charge in [0.15, 0.2) is 0 Å². The van der Waals surface area contributed by atoms with Crippen molar-refractivity contribution in [3.63, 3.8) is 0 Å². The standard InChI is InChI=1S/C23H19N3O3S/c1-16(27)25-19-10-12-20(13-11-19)30(28,29)26-24-15-23-21-8-4-2-6-17(21)14-18-7-3-5-9-22(18)23/h2-15,26H,1H3,(H,25,27)/b24-15+. The van der Waals surface area contributed by atoms with Crippen LogP contribution in [0.1, 0.15) is 12.5 Å². The Morgan fingerprint density at radius 3 is 2.00 bits per heavy atom. The first kappa shape index (κ1) is 19.6. The maximum Gasteiger partial charge on any atom is 0.276 e. The zero-order chi connectivity index (χ0) is 21.1. The smallest absolute Gasteiger partial charge is 0.276 e. The van der Waals surface area contributed by atoms with Crippen LogP contribution in [0.5, 0.6) is 0 Å². The number of hydrogen-bond donors (Lipinski definition) is 2. The highest BCUT2D eigenvalue weighted by molar-refractivity contribution is 7.89. The van der Waals surface area contributed by atoms with E-state index in [0.717, 1.165) is 27.1 Å². The zero-order valence-electron chi connectivity index (χ0n) is 16.2. The molecule has 0 spiro atoms. The van der Waals surface area contributed by atoms with Gasteiger partial charge in [-0.1, -0.05) is 48.5 Å². The first-order valence-electron chi connectivity index (χ1n) is 9.27. The summed E-state index contributed by atoms with van der Waals surface area (Å²) in [5.74, 6) is -0.226. The van der Waals surface area contributed by atoms with Gasteiger partial charge in [-0.15, -0.1) is 0 Å². The van der Waals surface area contributed by atoms with E-state index in [-0.39, 0.29) is 10.8 Å². The maximum absolute atomic E-state index is 12.6. The van der Waals surface area contributed by atoms with Gasteiger partial charge in [-0.3, -0.25) is 4.79 Å². The fraction of sp³-hybridized carbons (Fsp3) is 0.0435. The van der Waals surface area contributed by atoms with E-state index in [2.05, 4.69) is 21.3 Å². The van der Waals surface area contributed by atoms with Crippen LogP contribution >= 0.6 is 0 Å². The molecular formula is C23H19N3O3S. The Morgan fingerprint density at radius 2 is 1.43 bits per heavy atom. The summed E-state index contributed by atoms with van der Waals surface area (Å²) in [6.07, 6.45) is 1.54. The van der Waals surface area contributed by atoms with Gasteiger partial charge in [0.05, 0.1) is 11.1 Å². The monoisotopic (exact) mass is 417 g/mol. The molecule has 4 rings (SSSR count). The van der Waals surface area contributed by atoms with Gasteiger partial charge in [0, 0.05) is 18.2 Å². The zero-order valence-corrected chi connectivity index (χ0v) is 17.0. The first-order chi connectivity index (χ1) is 14.4. The molecule has 0 aliphatic carbocycles. The van der Waals surface area contributed by atoms with Crippen LogP contribution < -0.4 is 10.1 Å². The van der Waals surface area contributed by atoms with Crippen molar-refractivity contribution in [3.8, 4) is 0 Å². The van der Waals surface area contributed by atoms with Gasteiger partial charge in [-0.25, -0.2) is 4.83 Å². The molecule has 0 unspecified atom stereocenters. The molecule has 0 aliphatic rings. The topological polar surface area (TPSA) is 87.6 Å². The summed E-state index contributed by atoms with van der Waals surface area (Å²) >= 11 is 0. The molecule has 0 saturated heterocycles. The van der Waals surface area contributed by atoms with E-state index >= 15 is 0 Å². The molecule has 6 nitrogen and oxygen atoms in total. The molecule has 4 aromatic carbocycles. The summed E-state index contributed by atoms with van der Waals surface area (Å²) in [6.45, 7) is 1.39. The Balaban J connectivity index is 1.65. The highest BCUT2D eigenvalue weighted by atomic mass is 32.2. The van der Waals surface area contributed by atoms with Crippen LogP contribution in [0, 0.1) is 0 Å². The second-order valence-electron chi connectivity index (χ2n) is 6.79. The highest BCUT2D eigenvalue weighted by Gasteiger charge is 2.13. The molecule has 0 aliphatic heterocycles. The van der Waals surface area contributed by atoms with Crippen molar-refractivity contribution in [2.45, 2.75) is 11.8 Å². The second-order valence-corrected chi connectivity index (χ2v) is 8.45.